The van der Waals surface area contributed by atoms with E-state index in [-0.39, 0.29) is 0 Å². The molecular formula is C18H22ClN. The van der Waals surface area contributed by atoms with Gasteiger partial charge in [-0.15, -0.1) is 0 Å². The topological polar surface area (TPSA) is 12.0 Å². The molecule has 2 aromatic rings. The van der Waals surface area contributed by atoms with E-state index in [0.29, 0.717) is 6.04 Å². The zero-order valence-corrected chi connectivity index (χ0v) is 13.0. The van der Waals surface area contributed by atoms with Gasteiger partial charge in [0.1, 0.15) is 0 Å². The molecule has 0 aromatic heterocycles. The average molecular weight is 288 g/mol. The molecule has 106 valence electrons. The van der Waals surface area contributed by atoms with Crippen molar-refractivity contribution >= 4 is 11.6 Å². The van der Waals surface area contributed by atoms with Crippen LogP contribution in [0.4, 0.5) is 0 Å². The van der Waals surface area contributed by atoms with Crippen molar-refractivity contribution in [1.29, 1.82) is 0 Å². The summed E-state index contributed by atoms with van der Waals surface area (Å²) >= 11 is 6.08. The van der Waals surface area contributed by atoms with Crippen molar-refractivity contribution in [3.05, 3.63) is 70.2 Å². The van der Waals surface area contributed by atoms with Gasteiger partial charge in [0.2, 0.25) is 0 Å². The first-order valence-electron chi connectivity index (χ1n) is 7.29. The number of benzene rings is 2. The van der Waals surface area contributed by atoms with Gasteiger partial charge in [0.15, 0.2) is 0 Å². The van der Waals surface area contributed by atoms with Crippen molar-refractivity contribution in [3.63, 3.8) is 0 Å². The Hall–Kier alpha value is -1.31. The fraction of sp³-hybridized carbons (Fsp3) is 0.333. The van der Waals surface area contributed by atoms with Gasteiger partial charge in [-0.25, -0.2) is 0 Å². The van der Waals surface area contributed by atoms with Gasteiger partial charge in [0.25, 0.3) is 0 Å². The summed E-state index contributed by atoms with van der Waals surface area (Å²) in [6, 6.07) is 17.3. The Morgan fingerprint density at radius 2 is 1.75 bits per heavy atom. The van der Waals surface area contributed by atoms with Crippen molar-refractivity contribution < 1.29 is 0 Å². The van der Waals surface area contributed by atoms with Crippen LogP contribution in [0.25, 0.3) is 0 Å². The Balaban J connectivity index is 2.21. The van der Waals surface area contributed by atoms with E-state index in [0.717, 1.165) is 24.4 Å². The van der Waals surface area contributed by atoms with E-state index in [9.17, 15) is 0 Å². The van der Waals surface area contributed by atoms with Crippen LogP contribution in [-0.2, 0) is 12.8 Å². The summed E-state index contributed by atoms with van der Waals surface area (Å²) in [6.07, 6.45) is 2.03. The van der Waals surface area contributed by atoms with Gasteiger partial charge in [-0.1, -0.05) is 61.8 Å². The van der Waals surface area contributed by atoms with Crippen LogP contribution in [0.15, 0.2) is 48.5 Å². The van der Waals surface area contributed by atoms with Gasteiger partial charge in [-0.2, -0.15) is 0 Å². The van der Waals surface area contributed by atoms with E-state index in [2.05, 4.69) is 55.6 Å². The first-order chi connectivity index (χ1) is 9.72. The van der Waals surface area contributed by atoms with Crippen molar-refractivity contribution in [2.45, 2.75) is 32.7 Å². The van der Waals surface area contributed by atoms with E-state index >= 15 is 0 Å². The predicted octanol–water partition coefficient (Wildman–Crippen LogP) is 4.80. The molecule has 0 saturated carbocycles. The van der Waals surface area contributed by atoms with Crippen molar-refractivity contribution in [2.75, 3.05) is 6.54 Å². The summed E-state index contributed by atoms with van der Waals surface area (Å²) in [5.74, 6) is 0. The molecule has 0 aliphatic rings. The van der Waals surface area contributed by atoms with E-state index < -0.39 is 0 Å². The molecule has 1 N–H and O–H groups in total. The zero-order valence-electron chi connectivity index (χ0n) is 12.2. The average Bonchev–Trinajstić information content (AvgIpc) is 2.47. The Labute approximate surface area is 127 Å². The molecule has 0 spiro atoms. The second-order valence-electron chi connectivity index (χ2n) is 5.04. The molecule has 0 fully saturated rings. The van der Waals surface area contributed by atoms with Crippen LogP contribution in [0.3, 0.4) is 0 Å². The third-order valence-electron chi connectivity index (χ3n) is 3.54. The van der Waals surface area contributed by atoms with Crippen molar-refractivity contribution in [1.82, 2.24) is 5.32 Å². The third-order valence-corrected chi connectivity index (χ3v) is 3.78. The molecule has 1 atom stereocenters. The molecular weight excluding hydrogens is 266 g/mol. The molecule has 1 unspecified atom stereocenters. The first kappa shape index (κ1) is 15.1. The molecule has 0 bridgehead atoms. The first-order valence-corrected chi connectivity index (χ1v) is 7.67. The van der Waals surface area contributed by atoms with Crippen molar-refractivity contribution in [3.8, 4) is 0 Å². The molecule has 0 heterocycles. The highest BCUT2D eigenvalue weighted by Crippen LogP contribution is 2.21. The van der Waals surface area contributed by atoms with Crippen LogP contribution in [0.1, 0.15) is 36.6 Å². The van der Waals surface area contributed by atoms with Gasteiger partial charge < -0.3 is 5.32 Å². The van der Waals surface area contributed by atoms with Gasteiger partial charge in [0.05, 0.1) is 0 Å². The van der Waals surface area contributed by atoms with Gasteiger partial charge in [0, 0.05) is 11.1 Å². The second-order valence-corrected chi connectivity index (χ2v) is 5.48. The Morgan fingerprint density at radius 3 is 2.45 bits per heavy atom. The maximum absolute atomic E-state index is 6.08. The minimum Gasteiger partial charge on any atom is -0.310 e. The number of rotatable bonds is 6. The van der Waals surface area contributed by atoms with Crippen LogP contribution < -0.4 is 5.32 Å². The number of halogens is 1. The fourth-order valence-electron chi connectivity index (χ4n) is 2.48. The molecule has 20 heavy (non-hydrogen) atoms. The van der Waals surface area contributed by atoms with Crippen LogP contribution in [0.2, 0.25) is 5.02 Å². The fourth-order valence-corrected chi connectivity index (χ4v) is 2.70. The maximum Gasteiger partial charge on any atom is 0.0408 e. The molecule has 2 heteroatoms. The lowest BCUT2D eigenvalue weighted by Gasteiger charge is -2.19. The van der Waals surface area contributed by atoms with E-state index in [1.165, 1.54) is 16.7 Å². The summed E-state index contributed by atoms with van der Waals surface area (Å²) in [6.45, 7) is 5.30. The SMILES string of the molecule is CCNC(Cc1cccc(Cl)c1)c1cccc(CC)c1. The van der Waals surface area contributed by atoms with Crippen LogP contribution in [-0.4, -0.2) is 6.54 Å². The van der Waals surface area contributed by atoms with Gasteiger partial charge in [-0.05, 0) is 48.2 Å². The highest BCUT2D eigenvalue weighted by molar-refractivity contribution is 6.30. The third kappa shape index (κ3) is 4.09. The molecule has 1 nitrogen and oxygen atoms in total. The summed E-state index contributed by atoms with van der Waals surface area (Å²) in [4.78, 5) is 0. The molecule has 0 saturated heterocycles. The van der Waals surface area contributed by atoms with E-state index in [1.54, 1.807) is 0 Å². The highest BCUT2D eigenvalue weighted by Gasteiger charge is 2.11. The van der Waals surface area contributed by atoms with E-state index in [1.807, 2.05) is 12.1 Å². The largest absolute Gasteiger partial charge is 0.310 e. The minimum atomic E-state index is 0.338. The van der Waals surface area contributed by atoms with Crippen LogP contribution in [0.5, 0.6) is 0 Å². The minimum absolute atomic E-state index is 0.338. The lowest BCUT2D eigenvalue weighted by Crippen LogP contribution is -2.23. The molecule has 0 aliphatic carbocycles. The molecule has 0 aliphatic heterocycles. The molecule has 2 aromatic carbocycles. The van der Waals surface area contributed by atoms with Crippen molar-refractivity contribution in [2.24, 2.45) is 0 Å². The highest BCUT2D eigenvalue weighted by atomic mass is 35.5. The number of nitrogens with one attached hydrogen (secondary N) is 1. The lowest BCUT2D eigenvalue weighted by molar-refractivity contribution is 0.549. The summed E-state index contributed by atoms with van der Waals surface area (Å²) in [5, 5.41) is 4.38. The number of hydrogen-bond acceptors (Lipinski definition) is 1. The van der Waals surface area contributed by atoms with Gasteiger partial charge in [-0.3, -0.25) is 0 Å². The summed E-state index contributed by atoms with van der Waals surface area (Å²) in [5.41, 5.74) is 4.01. The summed E-state index contributed by atoms with van der Waals surface area (Å²) in [7, 11) is 0. The Bertz CT molecular complexity index is 551. The number of likely N-dealkylation sites (N-methyl/N-ethyl adjacent to an activating group) is 1. The van der Waals surface area contributed by atoms with Crippen LogP contribution >= 0.6 is 11.6 Å². The maximum atomic E-state index is 6.08. The number of aryl methyl sites for hydroxylation is 1. The Morgan fingerprint density at radius 1 is 1.00 bits per heavy atom. The quantitative estimate of drug-likeness (QED) is 0.805. The van der Waals surface area contributed by atoms with E-state index in [4.69, 9.17) is 11.6 Å². The molecule has 0 radical (unpaired) electrons. The predicted molar refractivity (Wildman–Crippen MR) is 87.4 cm³/mol. The standard InChI is InChI=1S/C18H22ClN/c1-3-14-7-5-9-16(11-14)18(20-4-2)13-15-8-6-10-17(19)12-15/h5-12,18,20H,3-4,13H2,1-2H3. The second kappa shape index (κ2) is 7.47. The molecule has 2 rings (SSSR count). The monoisotopic (exact) mass is 287 g/mol. The normalized spacial score (nSPS) is 12.3. The summed E-state index contributed by atoms with van der Waals surface area (Å²) < 4.78 is 0. The lowest BCUT2D eigenvalue weighted by atomic mass is 9.97. The molecule has 0 amide bonds. The smallest absolute Gasteiger partial charge is 0.0408 e. The Kier molecular flexibility index (Phi) is 5.63. The van der Waals surface area contributed by atoms with Gasteiger partial charge >= 0.3 is 0 Å². The number of hydrogen-bond donors (Lipinski definition) is 1. The van der Waals surface area contributed by atoms with Crippen LogP contribution in [0, 0.1) is 0 Å². The zero-order chi connectivity index (χ0) is 14.4.